The molecule has 0 bridgehead atoms. The Kier molecular flexibility index (Phi) is 11.7. The van der Waals surface area contributed by atoms with Gasteiger partial charge in [-0.15, -0.1) is 0 Å². The van der Waals surface area contributed by atoms with Crippen molar-refractivity contribution in [2.24, 2.45) is 0 Å². The first kappa shape index (κ1) is 32.3. The Morgan fingerprint density at radius 2 is 0.971 bits per heavy atom. The second-order valence-corrected chi connectivity index (χ2v) is 10.6. The van der Waals surface area contributed by atoms with E-state index in [4.69, 9.17) is 0 Å². The van der Waals surface area contributed by atoms with Crippen molar-refractivity contribution in [1.82, 2.24) is 8.94 Å². The van der Waals surface area contributed by atoms with Crippen LogP contribution in [0, 0.1) is 0 Å². The first-order chi connectivity index (χ1) is 15.3. The fourth-order valence-corrected chi connectivity index (χ4v) is 3.68. The lowest BCUT2D eigenvalue weighted by atomic mass is 10.2. The van der Waals surface area contributed by atoms with E-state index in [1.165, 1.54) is 0 Å². The summed E-state index contributed by atoms with van der Waals surface area (Å²) in [6.07, 6.45) is -1.63. The van der Waals surface area contributed by atoms with E-state index in [9.17, 15) is 52.8 Å². The minimum atomic E-state index is -6.78. The van der Waals surface area contributed by atoms with Gasteiger partial charge in [-0.3, -0.25) is 19.3 Å². The summed E-state index contributed by atoms with van der Waals surface area (Å²) in [5, 5.41) is 0. The van der Waals surface area contributed by atoms with E-state index in [1.807, 2.05) is 0 Å². The van der Waals surface area contributed by atoms with Gasteiger partial charge in [0.25, 0.3) is 0 Å². The van der Waals surface area contributed by atoms with Crippen LogP contribution < -0.4 is 0 Å². The zero-order chi connectivity index (χ0) is 27.1. The highest BCUT2D eigenvalue weighted by Gasteiger charge is 2.59. The number of halogens is 6. The quantitative estimate of drug-likeness (QED) is 0.205. The van der Waals surface area contributed by atoms with Gasteiger partial charge in [-0.1, -0.05) is 48.5 Å². The van der Waals surface area contributed by atoms with Crippen LogP contribution in [0.4, 0.5) is 26.3 Å². The molecule has 0 N–H and O–H groups in total. The number of unbranched alkanes of at least 4 members (excludes halogenated alkanes) is 2. The minimum Gasteiger partial charge on any atom is -0.260 e. The molecule has 202 valence electrons. The van der Waals surface area contributed by atoms with Gasteiger partial charge in [0, 0.05) is 0 Å². The van der Waals surface area contributed by atoms with Crippen molar-refractivity contribution in [3.8, 4) is 0 Å². The standard InChI is InChI=1S/C16H26F6N2O8S2/c1-5-7-9-11(3)31-23(33(27,28)15(17,18)19)13(25)14(26)24(32-12(4)10-8-6-2)34(29,30)16(20,21)22/h11-12H,5-10H2,1-4H3. The van der Waals surface area contributed by atoms with Crippen LogP contribution in [0.3, 0.4) is 0 Å². The van der Waals surface area contributed by atoms with E-state index >= 15 is 0 Å². The highest BCUT2D eigenvalue weighted by molar-refractivity contribution is 7.91. The van der Waals surface area contributed by atoms with Crippen molar-refractivity contribution in [2.75, 3.05) is 0 Å². The number of amides is 2. The number of hydrogen-bond acceptors (Lipinski definition) is 8. The van der Waals surface area contributed by atoms with Crippen molar-refractivity contribution in [1.29, 1.82) is 0 Å². The van der Waals surface area contributed by atoms with Crippen LogP contribution in [0.2, 0.25) is 0 Å². The molecule has 10 nitrogen and oxygen atoms in total. The molecule has 0 aliphatic carbocycles. The van der Waals surface area contributed by atoms with Crippen molar-refractivity contribution < 1.29 is 62.4 Å². The fraction of sp³-hybridized carbons (Fsp3) is 0.875. The number of hydroxylamine groups is 2. The largest absolute Gasteiger partial charge is 0.519 e. The predicted molar refractivity (Wildman–Crippen MR) is 104 cm³/mol. The number of hydrogen-bond donors (Lipinski definition) is 0. The lowest BCUT2D eigenvalue weighted by Gasteiger charge is -2.28. The van der Waals surface area contributed by atoms with E-state index in [0.717, 1.165) is 13.8 Å². The Bertz CT molecular complexity index is 831. The number of sulfonamides is 2. The SMILES string of the molecule is CCCCC(C)ON(C(=O)C(=O)N(OC(C)CCCC)S(=O)(=O)C(F)(F)F)S(=O)(=O)C(F)(F)F. The summed E-state index contributed by atoms with van der Waals surface area (Å²) in [5.41, 5.74) is -12.5. The predicted octanol–water partition coefficient (Wildman–Crippen LogP) is 3.36. The monoisotopic (exact) mass is 552 g/mol. The van der Waals surface area contributed by atoms with Gasteiger partial charge in [0.05, 0.1) is 12.2 Å². The van der Waals surface area contributed by atoms with E-state index in [1.54, 1.807) is 13.8 Å². The number of nitrogens with zero attached hydrogens (tertiary/aromatic N) is 2. The highest BCUT2D eigenvalue weighted by Crippen LogP contribution is 2.31. The smallest absolute Gasteiger partial charge is 0.260 e. The van der Waals surface area contributed by atoms with E-state index in [2.05, 4.69) is 9.68 Å². The Balaban J connectivity index is 6.44. The summed E-state index contributed by atoms with van der Waals surface area (Å²) in [7, 11) is -13.6. The van der Waals surface area contributed by atoms with Crippen molar-refractivity contribution in [3.63, 3.8) is 0 Å². The molecular weight excluding hydrogens is 526 g/mol. The average Bonchev–Trinajstić information content (AvgIpc) is 2.69. The molecule has 0 heterocycles. The van der Waals surface area contributed by atoms with E-state index in [0.29, 0.717) is 12.8 Å². The summed E-state index contributed by atoms with van der Waals surface area (Å²) in [5.74, 6) is -5.76. The zero-order valence-corrected chi connectivity index (χ0v) is 20.3. The second-order valence-electron chi connectivity index (χ2n) is 7.08. The molecule has 0 fully saturated rings. The molecule has 0 aromatic carbocycles. The lowest BCUT2D eigenvalue weighted by molar-refractivity contribution is -0.197. The number of rotatable bonds is 12. The molecule has 0 radical (unpaired) electrons. The van der Waals surface area contributed by atoms with Gasteiger partial charge in [0.2, 0.25) is 0 Å². The maximum atomic E-state index is 13.1. The molecule has 0 saturated carbocycles. The molecule has 0 spiro atoms. The third-order valence-electron chi connectivity index (χ3n) is 4.02. The van der Waals surface area contributed by atoms with Crippen LogP contribution in [0.1, 0.15) is 66.2 Å². The Morgan fingerprint density at radius 1 is 0.706 bits per heavy atom. The van der Waals surface area contributed by atoms with Crippen LogP contribution in [0.25, 0.3) is 0 Å². The van der Waals surface area contributed by atoms with Gasteiger partial charge in [-0.2, -0.15) is 43.2 Å². The van der Waals surface area contributed by atoms with Gasteiger partial charge < -0.3 is 0 Å². The molecule has 0 aromatic heterocycles. The number of alkyl halides is 6. The molecule has 0 aromatic rings. The van der Waals surface area contributed by atoms with Crippen molar-refractivity contribution in [2.45, 2.75) is 89.4 Å². The van der Waals surface area contributed by atoms with Crippen molar-refractivity contribution >= 4 is 31.9 Å². The van der Waals surface area contributed by atoms with Crippen LogP contribution in [0.5, 0.6) is 0 Å². The van der Waals surface area contributed by atoms with Crippen LogP contribution >= 0.6 is 0 Å². The van der Waals surface area contributed by atoms with Gasteiger partial charge in [0.15, 0.2) is 0 Å². The molecular formula is C16H26F6N2O8S2. The molecule has 2 atom stereocenters. The van der Waals surface area contributed by atoms with Gasteiger partial charge in [0.1, 0.15) is 0 Å². The maximum absolute atomic E-state index is 13.1. The maximum Gasteiger partial charge on any atom is 0.519 e. The van der Waals surface area contributed by atoms with E-state index < -0.39 is 64.0 Å². The minimum absolute atomic E-state index is 0.114. The van der Waals surface area contributed by atoms with Crippen LogP contribution in [-0.2, 0) is 39.3 Å². The normalized spacial score (nSPS) is 15.0. The van der Waals surface area contributed by atoms with Gasteiger partial charge >= 0.3 is 42.9 Å². The van der Waals surface area contributed by atoms with Gasteiger partial charge in [-0.25, -0.2) is 0 Å². The van der Waals surface area contributed by atoms with E-state index in [-0.39, 0.29) is 25.7 Å². The molecule has 2 amide bonds. The molecule has 34 heavy (non-hydrogen) atoms. The second kappa shape index (κ2) is 12.3. The number of carbonyl (C=O) groups excluding carboxylic acids is 2. The summed E-state index contributed by atoms with van der Waals surface area (Å²) in [6, 6.07) is 0. The lowest BCUT2D eigenvalue weighted by Crippen LogP contribution is -2.55. The Hall–Kier alpha value is -1.66. The summed E-state index contributed by atoms with van der Waals surface area (Å²) in [4.78, 5) is 33.6. The summed E-state index contributed by atoms with van der Waals surface area (Å²) < 4.78 is 123. The molecule has 0 aliphatic rings. The first-order valence-corrected chi connectivity index (χ1v) is 12.8. The third-order valence-corrected chi connectivity index (χ3v) is 6.56. The highest BCUT2D eigenvalue weighted by atomic mass is 32.2. The van der Waals surface area contributed by atoms with Crippen molar-refractivity contribution in [3.05, 3.63) is 0 Å². The molecule has 0 rings (SSSR count). The van der Waals surface area contributed by atoms with Crippen LogP contribution in [0.15, 0.2) is 0 Å². The van der Waals surface area contributed by atoms with Gasteiger partial charge in [-0.05, 0) is 26.7 Å². The topological polar surface area (TPSA) is 127 Å². The fourth-order valence-electron chi connectivity index (χ4n) is 2.19. The summed E-state index contributed by atoms with van der Waals surface area (Å²) >= 11 is 0. The first-order valence-electron chi connectivity index (χ1n) is 9.90. The molecule has 0 saturated heterocycles. The summed E-state index contributed by atoms with van der Waals surface area (Å²) in [6.45, 7) is 5.37. The molecule has 18 heteroatoms. The third kappa shape index (κ3) is 8.23. The Morgan fingerprint density at radius 3 is 1.18 bits per heavy atom. The average molecular weight is 553 g/mol. The Labute approximate surface area is 193 Å². The molecule has 0 aliphatic heterocycles. The molecule has 2 unspecified atom stereocenters. The van der Waals surface area contributed by atoms with Crippen LogP contribution in [-0.4, -0.2) is 60.8 Å². The number of carbonyl (C=O) groups is 2. The zero-order valence-electron chi connectivity index (χ0n) is 18.6.